The second-order valence-corrected chi connectivity index (χ2v) is 5.56. The molecule has 1 atom stereocenters. The summed E-state index contributed by atoms with van der Waals surface area (Å²) in [6.45, 7) is 2.31. The van der Waals surface area contributed by atoms with E-state index in [2.05, 4.69) is 6.07 Å². The third-order valence-corrected chi connectivity index (χ3v) is 4.14. The number of hydrogen-bond acceptors (Lipinski definition) is 2. The minimum Gasteiger partial charge on any atom is -0.338 e. The number of carbonyl (C=O) groups is 1. The molecule has 104 valence electrons. The molecule has 1 unspecified atom stereocenters. The van der Waals surface area contributed by atoms with Crippen LogP contribution in [0.25, 0.3) is 10.8 Å². The maximum Gasteiger partial charge on any atom is 0.253 e. The molecule has 1 heterocycles. The van der Waals surface area contributed by atoms with Gasteiger partial charge in [-0.2, -0.15) is 0 Å². The second kappa shape index (κ2) is 5.63. The van der Waals surface area contributed by atoms with Gasteiger partial charge in [-0.1, -0.05) is 30.3 Å². The van der Waals surface area contributed by atoms with Crippen molar-refractivity contribution in [1.82, 2.24) is 4.90 Å². The molecule has 0 aromatic heterocycles. The van der Waals surface area contributed by atoms with Gasteiger partial charge in [-0.15, -0.1) is 0 Å². The minimum absolute atomic E-state index is 0.133. The summed E-state index contributed by atoms with van der Waals surface area (Å²) < 4.78 is 0. The molecule has 0 radical (unpaired) electrons. The number of likely N-dealkylation sites (tertiary alicyclic amines) is 1. The molecule has 2 N–H and O–H groups in total. The third-order valence-electron chi connectivity index (χ3n) is 4.14. The van der Waals surface area contributed by atoms with E-state index in [-0.39, 0.29) is 5.91 Å². The lowest BCUT2D eigenvalue weighted by Crippen LogP contribution is -2.42. The topological polar surface area (TPSA) is 46.3 Å². The lowest BCUT2D eigenvalue weighted by atomic mass is 9.97. The fourth-order valence-electron chi connectivity index (χ4n) is 2.95. The van der Waals surface area contributed by atoms with Gasteiger partial charge >= 0.3 is 0 Å². The van der Waals surface area contributed by atoms with E-state index < -0.39 is 0 Å². The van der Waals surface area contributed by atoms with Crippen LogP contribution in [0.2, 0.25) is 0 Å². The predicted octanol–water partition coefficient (Wildman–Crippen LogP) is 2.65. The van der Waals surface area contributed by atoms with Crippen molar-refractivity contribution in [3.63, 3.8) is 0 Å². The molecule has 0 aliphatic carbocycles. The van der Waals surface area contributed by atoms with Crippen LogP contribution in [0.5, 0.6) is 0 Å². The van der Waals surface area contributed by atoms with Crippen LogP contribution in [0.4, 0.5) is 0 Å². The highest BCUT2D eigenvalue weighted by Crippen LogP contribution is 2.20. The summed E-state index contributed by atoms with van der Waals surface area (Å²) in [7, 11) is 0. The summed E-state index contributed by atoms with van der Waals surface area (Å²) in [4.78, 5) is 14.5. The molecule has 1 fully saturated rings. The lowest BCUT2D eigenvalue weighted by Gasteiger charge is -2.32. The Hall–Kier alpha value is -1.87. The standard InChI is InChI=1S/C17H20N2O/c18-11-13-4-3-9-19(12-13)17(20)16-8-7-14-5-1-2-6-15(14)10-16/h1-2,5-8,10,13H,3-4,9,11-12,18H2. The Morgan fingerprint density at radius 3 is 2.80 bits per heavy atom. The zero-order chi connectivity index (χ0) is 13.9. The van der Waals surface area contributed by atoms with E-state index in [1.807, 2.05) is 41.3 Å². The molecule has 1 amide bonds. The molecule has 3 nitrogen and oxygen atoms in total. The van der Waals surface area contributed by atoms with Crippen LogP contribution in [0.15, 0.2) is 42.5 Å². The van der Waals surface area contributed by atoms with Gasteiger partial charge < -0.3 is 10.6 Å². The van der Waals surface area contributed by atoms with E-state index >= 15 is 0 Å². The quantitative estimate of drug-likeness (QED) is 0.910. The summed E-state index contributed by atoms with van der Waals surface area (Å²) in [6.07, 6.45) is 2.19. The number of hydrogen-bond donors (Lipinski definition) is 1. The largest absolute Gasteiger partial charge is 0.338 e. The van der Waals surface area contributed by atoms with Gasteiger partial charge in [-0.25, -0.2) is 0 Å². The van der Waals surface area contributed by atoms with Crippen LogP contribution < -0.4 is 5.73 Å². The van der Waals surface area contributed by atoms with E-state index in [1.54, 1.807) is 0 Å². The summed E-state index contributed by atoms with van der Waals surface area (Å²) in [5.41, 5.74) is 6.52. The van der Waals surface area contributed by atoms with E-state index in [9.17, 15) is 4.79 Å². The fourth-order valence-corrected chi connectivity index (χ4v) is 2.95. The smallest absolute Gasteiger partial charge is 0.253 e. The molecule has 0 bridgehead atoms. The molecule has 2 aromatic rings. The van der Waals surface area contributed by atoms with Crippen molar-refractivity contribution in [1.29, 1.82) is 0 Å². The number of nitrogens with two attached hydrogens (primary N) is 1. The van der Waals surface area contributed by atoms with Crippen molar-refractivity contribution in [2.75, 3.05) is 19.6 Å². The Morgan fingerprint density at radius 2 is 2.00 bits per heavy atom. The Morgan fingerprint density at radius 1 is 1.20 bits per heavy atom. The first-order valence-corrected chi connectivity index (χ1v) is 7.26. The maximum absolute atomic E-state index is 12.6. The van der Waals surface area contributed by atoms with Crippen LogP contribution >= 0.6 is 0 Å². The van der Waals surface area contributed by atoms with Crippen molar-refractivity contribution in [3.8, 4) is 0 Å². The van der Waals surface area contributed by atoms with Gasteiger partial charge in [-0.3, -0.25) is 4.79 Å². The van der Waals surface area contributed by atoms with Gasteiger partial charge in [0.2, 0.25) is 0 Å². The highest BCUT2D eigenvalue weighted by molar-refractivity contribution is 5.98. The number of fused-ring (bicyclic) bond motifs is 1. The van der Waals surface area contributed by atoms with Gasteiger partial charge in [0.05, 0.1) is 0 Å². The monoisotopic (exact) mass is 268 g/mol. The van der Waals surface area contributed by atoms with Gasteiger partial charge in [0, 0.05) is 18.7 Å². The van der Waals surface area contributed by atoms with Crippen molar-refractivity contribution in [3.05, 3.63) is 48.0 Å². The van der Waals surface area contributed by atoms with E-state index in [1.165, 1.54) is 5.39 Å². The number of piperidine rings is 1. The van der Waals surface area contributed by atoms with Gasteiger partial charge in [0.25, 0.3) is 5.91 Å². The van der Waals surface area contributed by atoms with Crippen molar-refractivity contribution in [2.45, 2.75) is 12.8 Å². The second-order valence-electron chi connectivity index (χ2n) is 5.56. The molecule has 0 spiro atoms. The fraction of sp³-hybridized carbons (Fsp3) is 0.353. The Kier molecular flexibility index (Phi) is 3.70. The number of rotatable bonds is 2. The molecule has 3 heteroatoms. The van der Waals surface area contributed by atoms with Crippen molar-refractivity contribution >= 4 is 16.7 Å². The molecule has 1 saturated heterocycles. The number of nitrogens with zero attached hydrogens (tertiary/aromatic N) is 1. The first-order chi connectivity index (χ1) is 9.78. The zero-order valence-corrected chi connectivity index (χ0v) is 11.6. The van der Waals surface area contributed by atoms with Gasteiger partial charge in [0.1, 0.15) is 0 Å². The molecule has 0 saturated carbocycles. The van der Waals surface area contributed by atoms with Crippen molar-refractivity contribution in [2.24, 2.45) is 11.7 Å². The first kappa shape index (κ1) is 13.1. The lowest BCUT2D eigenvalue weighted by molar-refractivity contribution is 0.0678. The molecule has 3 rings (SSSR count). The first-order valence-electron chi connectivity index (χ1n) is 7.26. The number of benzene rings is 2. The molecule has 2 aromatic carbocycles. The van der Waals surface area contributed by atoms with Crippen LogP contribution in [-0.2, 0) is 0 Å². The Labute approximate surface area is 119 Å². The highest BCUT2D eigenvalue weighted by Gasteiger charge is 2.23. The average Bonchev–Trinajstić information content (AvgIpc) is 2.53. The molecule has 1 aliphatic heterocycles. The van der Waals surface area contributed by atoms with Crippen molar-refractivity contribution < 1.29 is 4.79 Å². The molecular formula is C17H20N2O. The zero-order valence-electron chi connectivity index (χ0n) is 11.6. The SMILES string of the molecule is NCC1CCCN(C(=O)c2ccc3ccccc3c2)C1. The number of amides is 1. The van der Waals surface area contributed by atoms with Crippen LogP contribution in [-0.4, -0.2) is 30.4 Å². The van der Waals surface area contributed by atoms with Gasteiger partial charge in [0.15, 0.2) is 0 Å². The molecule has 20 heavy (non-hydrogen) atoms. The van der Waals surface area contributed by atoms with E-state index in [0.717, 1.165) is 36.9 Å². The number of carbonyl (C=O) groups excluding carboxylic acids is 1. The van der Waals surface area contributed by atoms with Crippen LogP contribution in [0, 0.1) is 5.92 Å². The van der Waals surface area contributed by atoms with Crippen LogP contribution in [0.3, 0.4) is 0 Å². The molecule has 1 aliphatic rings. The normalized spacial score (nSPS) is 19.2. The minimum atomic E-state index is 0.133. The van der Waals surface area contributed by atoms with Crippen LogP contribution in [0.1, 0.15) is 23.2 Å². The predicted molar refractivity (Wildman–Crippen MR) is 81.6 cm³/mol. The highest BCUT2D eigenvalue weighted by atomic mass is 16.2. The van der Waals surface area contributed by atoms with E-state index in [0.29, 0.717) is 12.5 Å². The third kappa shape index (κ3) is 2.54. The van der Waals surface area contributed by atoms with E-state index in [4.69, 9.17) is 5.73 Å². The summed E-state index contributed by atoms with van der Waals surface area (Å²) >= 11 is 0. The molecular weight excluding hydrogens is 248 g/mol. The summed E-state index contributed by atoms with van der Waals surface area (Å²) in [6, 6.07) is 14.1. The Balaban J connectivity index is 1.84. The summed E-state index contributed by atoms with van der Waals surface area (Å²) in [5, 5.41) is 2.29. The van der Waals surface area contributed by atoms with Gasteiger partial charge in [-0.05, 0) is 48.2 Å². The average molecular weight is 268 g/mol. The maximum atomic E-state index is 12.6. The Bertz CT molecular complexity index is 623. The summed E-state index contributed by atoms with van der Waals surface area (Å²) in [5.74, 6) is 0.585.